The van der Waals surface area contributed by atoms with Gasteiger partial charge in [0.2, 0.25) is 0 Å². The highest BCUT2D eigenvalue weighted by Gasteiger charge is 2.23. The highest BCUT2D eigenvalue weighted by molar-refractivity contribution is 6.19. The van der Waals surface area contributed by atoms with Crippen LogP contribution < -0.4 is 16.0 Å². The second-order valence-electron chi connectivity index (χ2n) is 5.70. The van der Waals surface area contributed by atoms with E-state index in [0.717, 1.165) is 29.6 Å². The molecule has 0 aliphatic carbocycles. The number of rotatable bonds is 6. The number of nitrogens with zero attached hydrogens (tertiary/aromatic N) is 3. The predicted octanol–water partition coefficient (Wildman–Crippen LogP) is 1.77. The minimum Gasteiger partial charge on any atom is -0.462 e. The molecule has 0 fully saturated rings. The minimum absolute atomic E-state index is 0.318. The molecule has 2 heterocycles. The molecule has 3 rings (SSSR count). The van der Waals surface area contributed by atoms with Crippen molar-refractivity contribution in [3.8, 4) is 0 Å². The Labute approximate surface area is 151 Å². The Hall–Kier alpha value is -3.16. The third-order valence-corrected chi connectivity index (χ3v) is 3.75. The van der Waals surface area contributed by atoms with Crippen LogP contribution in [0.3, 0.4) is 0 Å². The van der Waals surface area contributed by atoms with Crippen LogP contribution in [-0.4, -0.2) is 41.4 Å². The lowest BCUT2D eigenvalue weighted by atomic mass is 10.2. The lowest BCUT2D eigenvalue weighted by molar-refractivity contribution is -0.137. The van der Waals surface area contributed by atoms with Crippen LogP contribution in [0.2, 0.25) is 0 Å². The predicted molar refractivity (Wildman–Crippen MR) is 101 cm³/mol. The lowest BCUT2D eigenvalue weighted by Gasteiger charge is -2.24. The van der Waals surface area contributed by atoms with Crippen molar-refractivity contribution >= 4 is 28.4 Å². The average molecular weight is 354 g/mol. The molecule has 26 heavy (non-hydrogen) atoms. The second kappa shape index (κ2) is 8.28. The molecule has 0 radical (unpaired) electrons. The van der Waals surface area contributed by atoms with Crippen LogP contribution >= 0.6 is 0 Å². The van der Waals surface area contributed by atoms with Gasteiger partial charge in [0.1, 0.15) is 11.4 Å². The second-order valence-corrected chi connectivity index (χ2v) is 5.70. The van der Waals surface area contributed by atoms with Gasteiger partial charge < -0.3 is 20.7 Å². The van der Waals surface area contributed by atoms with E-state index in [1.165, 1.54) is 0 Å². The number of nitrogens with one attached hydrogen (secondary N) is 3. The monoisotopic (exact) mass is 354 g/mol. The van der Waals surface area contributed by atoms with Gasteiger partial charge >= 0.3 is 5.97 Å². The quantitative estimate of drug-likeness (QED) is 0.680. The molecule has 3 N–H and O–H groups in total. The highest BCUT2D eigenvalue weighted by atomic mass is 16.5. The molecule has 1 aromatic heterocycles. The van der Waals surface area contributed by atoms with Gasteiger partial charge in [-0.05, 0) is 37.6 Å². The molecule has 136 valence electrons. The van der Waals surface area contributed by atoms with Crippen molar-refractivity contribution in [2.75, 3.05) is 18.5 Å². The SMILES string of the molecule is CCCNC1=NC(Nc2ccc3nnccc3c2)NC=C1C(=O)OCC. The van der Waals surface area contributed by atoms with Crippen LogP contribution in [0.15, 0.2) is 47.2 Å². The molecule has 0 amide bonds. The Morgan fingerprint density at radius 3 is 3.00 bits per heavy atom. The van der Waals surface area contributed by atoms with Crippen LogP contribution in [0.4, 0.5) is 5.69 Å². The van der Waals surface area contributed by atoms with Gasteiger partial charge in [-0.2, -0.15) is 10.2 Å². The Morgan fingerprint density at radius 2 is 2.19 bits per heavy atom. The van der Waals surface area contributed by atoms with Crippen molar-refractivity contribution in [3.63, 3.8) is 0 Å². The van der Waals surface area contributed by atoms with E-state index in [1.54, 1.807) is 19.3 Å². The van der Waals surface area contributed by atoms with Gasteiger partial charge in [0, 0.05) is 23.8 Å². The summed E-state index contributed by atoms with van der Waals surface area (Å²) in [6.07, 6.45) is 3.81. The maximum atomic E-state index is 12.1. The zero-order valence-electron chi connectivity index (χ0n) is 14.8. The standard InChI is InChI=1S/C18H22N6O2/c1-3-8-19-16-14(17(25)26-4-2)11-20-18(23-16)22-13-5-6-15-12(10-13)7-9-21-24-15/h5-7,9-11,18,20,22H,3-4,8H2,1-2H3,(H,19,23). The summed E-state index contributed by atoms with van der Waals surface area (Å²) in [5, 5.41) is 18.5. The number of anilines is 1. The summed E-state index contributed by atoms with van der Waals surface area (Å²) < 4.78 is 5.09. The zero-order valence-corrected chi connectivity index (χ0v) is 14.8. The molecular formula is C18H22N6O2. The maximum absolute atomic E-state index is 12.1. The van der Waals surface area contributed by atoms with Crippen molar-refractivity contribution in [1.29, 1.82) is 0 Å². The summed E-state index contributed by atoms with van der Waals surface area (Å²) in [4.78, 5) is 16.7. The number of carbonyl (C=O) groups excluding carboxylic acids is 1. The number of ether oxygens (including phenoxy) is 1. The molecule has 1 unspecified atom stereocenters. The maximum Gasteiger partial charge on any atom is 0.343 e. The largest absolute Gasteiger partial charge is 0.462 e. The molecule has 1 aliphatic heterocycles. The van der Waals surface area contributed by atoms with E-state index < -0.39 is 12.3 Å². The molecule has 0 spiro atoms. The minimum atomic E-state index is -0.403. The van der Waals surface area contributed by atoms with Crippen LogP contribution in [0, 0.1) is 0 Å². The molecule has 1 aliphatic rings. The molecule has 0 saturated heterocycles. The number of benzene rings is 1. The molecule has 0 saturated carbocycles. The molecular weight excluding hydrogens is 332 g/mol. The van der Waals surface area contributed by atoms with Crippen molar-refractivity contribution in [1.82, 2.24) is 20.8 Å². The first kappa shape index (κ1) is 17.7. The van der Waals surface area contributed by atoms with Gasteiger partial charge in [-0.3, -0.25) is 0 Å². The molecule has 0 bridgehead atoms. The van der Waals surface area contributed by atoms with Crippen LogP contribution in [0.25, 0.3) is 10.9 Å². The highest BCUT2D eigenvalue weighted by Crippen LogP contribution is 2.18. The van der Waals surface area contributed by atoms with Gasteiger partial charge in [-0.25, -0.2) is 9.79 Å². The van der Waals surface area contributed by atoms with E-state index in [2.05, 4.69) is 38.1 Å². The van der Waals surface area contributed by atoms with Crippen molar-refractivity contribution < 1.29 is 9.53 Å². The number of aromatic nitrogens is 2. The van der Waals surface area contributed by atoms with E-state index >= 15 is 0 Å². The molecule has 8 nitrogen and oxygen atoms in total. The van der Waals surface area contributed by atoms with Crippen LogP contribution in [0.5, 0.6) is 0 Å². The third kappa shape index (κ3) is 4.08. The van der Waals surface area contributed by atoms with Gasteiger partial charge in [0.25, 0.3) is 0 Å². The van der Waals surface area contributed by atoms with E-state index in [9.17, 15) is 4.79 Å². The number of aliphatic imine (C=N–C) groups is 1. The number of hydrogen-bond donors (Lipinski definition) is 3. The van der Waals surface area contributed by atoms with Gasteiger partial charge in [-0.1, -0.05) is 6.92 Å². The Morgan fingerprint density at radius 1 is 1.31 bits per heavy atom. The fourth-order valence-electron chi connectivity index (χ4n) is 2.53. The fourth-order valence-corrected chi connectivity index (χ4v) is 2.53. The Kier molecular flexibility index (Phi) is 5.62. The normalized spacial score (nSPS) is 16.3. The summed E-state index contributed by atoms with van der Waals surface area (Å²) in [6, 6.07) is 7.69. The smallest absolute Gasteiger partial charge is 0.343 e. The summed E-state index contributed by atoms with van der Waals surface area (Å²) in [5.41, 5.74) is 2.11. The van der Waals surface area contributed by atoms with Crippen LogP contribution in [0.1, 0.15) is 20.3 Å². The van der Waals surface area contributed by atoms with E-state index in [4.69, 9.17) is 4.74 Å². The fraction of sp³-hybridized carbons (Fsp3) is 0.333. The Bertz CT molecular complexity index is 848. The summed E-state index contributed by atoms with van der Waals surface area (Å²) in [5.74, 6) is 0.123. The number of hydrogen-bond acceptors (Lipinski definition) is 8. The first-order chi connectivity index (χ1) is 12.7. The third-order valence-electron chi connectivity index (χ3n) is 3.75. The van der Waals surface area contributed by atoms with E-state index in [-0.39, 0.29) is 0 Å². The lowest BCUT2D eigenvalue weighted by Crippen LogP contribution is -2.42. The average Bonchev–Trinajstić information content (AvgIpc) is 2.66. The number of fused-ring (bicyclic) bond motifs is 1. The topological polar surface area (TPSA) is 101 Å². The number of amidine groups is 1. The zero-order chi connectivity index (χ0) is 18.4. The summed E-state index contributed by atoms with van der Waals surface area (Å²) in [6.45, 7) is 4.87. The number of carbonyl (C=O) groups is 1. The van der Waals surface area contributed by atoms with Gasteiger partial charge in [-0.15, -0.1) is 0 Å². The first-order valence-electron chi connectivity index (χ1n) is 8.64. The van der Waals surface area contributed by atoms with Crippen molar-refractivity contribution in [2.24, 2.45) is 4.99 Å². The Balaban J connectivity index is 1.77. The first-order valence-corrected chi connectivity index (χ1v) is 8.64. The summed E-state index contributed by atoms with van der Waals surface area (Å²) >= 11 is 0. The van der Waals surface area contributed by atoms with E-state index in [0.29, 0.717) is 18.0 Å². The number of esters is 1. The molecule has 1 aromatic carbocycles. The van der Waals surface area contributed by atoms with Gasteiger partial charge in [0.05, 0.1) is 18.3 Å². The van der Waals surface area contributed by atoms with Gasteiger partial charge in [0.15, 0.2) is 6.29 Å². The summed E-state index contributed by atoms with van der Waals surface area (Å²) in [7, 11) is 0. The molecule has 1 atom stereocenters. The van der Waals surface area contributed by atoms with Crippen molar-refractivity contribution in [3.05, 3.63) is 42.2 Å². The van der Waals surface area contributed by atoms with Crippen LogP contribution in [-0.2, 0) is 9.53 Å². The van der Waals surface area contributed by atoms with Crippen molar-refractivity contribution in [2.45, 2.75) is 26.6 Å². The van der Waals surface area contributed by atoms with E-state index in [1.807, 2.05) is 24.3 Å². The molecule has 8 heteroatoms. The molecule has 2 aromatic rings.